The van der Waals surface area contributed by atoms with E-state index in [1.54, 1.807) is 0 Å². The van der Waals surface area contributed by atoms with Crippen molar-refractivity contribution in [2.75, 3.05) is 0 Å². The van der Waals surface area contributed by atoms with E-state index in [4.69, 9.17) is 0 Å². The van der Waals surface area contributed by atoms with Gasteiger partial charge in [-0.3, -0.25) is 4.79 Å². The molecule has 1 N–H and O–H groups in total. The molecule has 0 radical (unpaired) electrons. The second-order valence-corrected chi connectivity index (χ2v) is 5.70. The van der Waals surface area contributed by atoms with Crippen LogP contribution in [0.5, 0.6) is 0 Å². The lowest BCUT2D eigenvalue weighted by molar-refractivity contribution is 0.0951. The number of rotatable bonds is 5. The number of nitrogens with one attached hydrogen (secondary N) is 1. The summed E-state index contributed by atoms with van der Waals surface area (Å²) < 4.78 is 0. The minimum absolute atomic E-state index is 0.0971. The number of aryl methyl sites for hydroxylation is 2. The summed E-state index contributed by atoms with van der Waals surface area (Å²) in [5.74, 6) is -0.0971. The Hall–Kier alpha value is -2.75. The third kappa shape index (κ3) is 3.43. The average Bonchev–Trinajstić information content (AvgIpc) is 2.65. The number of carbonyl (C=O) groups excluding carboxylic acids is 1. The zero-order valence-corrected chi connectivity index (χ0v) is 14.0. The molecule has 0 bridgehead atoms. The van der Waals surface area contributed by atoms with Crippen molar-refractivity contribution in [1.29, 1.82) is 0 Å². The summed E-state index contributed by atoms with van der Waals surface area (Å²) in [6.45, 7) is 4.67. The first-order valence-corrected chi connectivity index (χ1v) is 8.33. The molecule has 0 aliphatic heterocycles. The topological polar surface area (TPSA) is 54.9 Å². The fraction of sp³-hybridized carbons (Fsp3) is 0.250. The van der Waals surface area contributed by atoms with E-state index in [0.29, 0.717) is 12.1 Å². The summed E-state index contributed by atoms with van der Waals surface area (Å²) in [6.07, 6.45) is 1.71. The summed E-state index contributed by atoms with van der Waals surface area (Å²) in [5.41, 5.74) is 5.34. The van der Waals surface area contributed by atoms with Gasteiger partial charge in [-0.05, 0) is 36.6 Å². The van der Waals surface area contributed by atoms with Crippen molar-refractivity contribution < 1.29 is 4.79 Å². The Labute approximate surface area is 142 Å². The van der Waals surface area contributed by atoms with E-state index in [2.05, 4.69) is 29.1 Å². The first-order valence-electron chi connectivity index (χ1n) is 8.33. The van der Waals surface area contributed by atoms with Gasteiger partial charge in [0.1, 0.15) is 0 Å². The molecule has 3 rings (SSSR count). The van der Waals surface area contributed by atoms with Crippen LogP contribution in [0.3, 0.4) is 0 Å². The first kappa shape index (κ1) is 16.1. The molecule has 0 aliphatic carbocycles. The van der Waals surface area contributed by atoms with E-state index >= 15 is 0 Å². The molecule has 0 aliphatic rings. The lowest BCUT2D eigenvalue weighted by Gasteiger charge is -2.09. The Balaban J connectivity index is 1.83. The van der Waals surface area contributed by atoms with E-state index in [1.807, 2.05) is 48.5 Å². The summed E-state index contributed by atoms with van der Waals surface area (Å²) in [7, 11) is 0. The maximum atomic E-state index is 12.4. The zero-order chi connectivity index (χ0) is 16.9. The van der Waals surface area contributed by atoms with Crippen LogP contribution >= 0.6 is 0 Å². The van der Waals surface area contributed by atoms with Crippen molar-refractivity contribution in [3.63, 3.8) is 0 Å². The number of amides is 1. The molecule has 4 heteroatoms. The highest BCUT2D eigenvalue weighted by Crippen LogP contribution is 2.16. The molecule has 24 heavy (non-hydrogen) atoms. The van der Waals surface area contributed by atoms with Crippen molar-refractivity contribution in [2.24, 2.45) is 0 Å². The molecule has 0 spiro atoms. The van der Waals surface area contributed by atoms with Crippen LogP contribution in [-0.2, 0) is 19.4 Å². The molecule has 0 fully saturated rings. The van der Waals surface area contributed by atoms with Gasteiger partial charge in [0.05, 0.1) is 22.4 Å². The van der Waals surface area contributed by atoms with Crippen LogP contribution in [-0.4, -0.2) is 15.9 Å². The Kier molecular flexibility index (Phi) is 4.85. The molecular weight excluding hydrogens is 298 g/mol. The van der Waals surface area contributed by atoms with Crippen molar-refractivity contribution in [3.8, 4) is 0 Å². The number of aromatic nitrogens is 2. The van der Waals surface area contributed by atoms with Gasteiger partial charge in [-0.2, -0.15) is 0 Å². The Morgan fingerprint density at radius 3 is 2.25 bits per heavy atom. The molecule has 1 heterocycles. The van der Waals surface area contributed by atoms with Gasteiger partial charge in [0.15, 0.2) is 0 Å². The van der Waals surface area contributed by atoms with Crippen LogP contribution in [0.15, 0.2) is 48.5 Å². The van der Waals surface area contributed by atoms with E-state index in [-0.39, 0.29) is 5.91 Å². The van der Waals surface area contributed by atoms with Gasteiger partial charge in [-0.25, -0.2) is 9.97 Å². The molecule has 0 unspecified atom stereocenters. The second-order valence-electron chi connectivity index (χ2n) is 5.70. The van der Waals surface area contributed by atoms with Crippen LogP contribution < -0.4 is 5.32 Å². The molecule has 4 nitrogen and oxygen atoms in total. The third-order valence-corrected chi connectivity index (χ3v) is 4.05. The molecular formula is C20H21N3O. The summed E-state index contributed by atoms with van der Waals surface area (Å²) >= 11 is 0. The van der Waals surface area contributed by atoms with Gasteiger partial charge in [-0.15, -0.1) is 0 Å². The summed E-state index contributed by atoms with van der Waals surface area (Å²) in [5, 5.41) is 2.94. The highest BCUT2D eigenvalue weighted by Gasteiger charge is 2.10. The Morgan fingerprint density at radius 1 is 0.917 bits per heavy atom. The largest absolute Gasteiger partial charge is 0.348 e. The number of benzene rings is 2. The maximum absolute atomic E-state index is 12.4. The quantitative estimate of drug-likeness (QED) is 0.780. The molecule has 0 atom stereocenters. The van der Waals surface area contributed by atoms with Gasteiger partial charge < -0.3 is 5.32 Å². The third-order valence-electron chi connectivity index (χ3n) is 4.05. The first-order chi connectivity index (χ1) is 11.7. The van der Waals surface area contributed by atoms with Crippen molar-refractivity contribution in [2.45, 2.75) is 33.2 Å². The number of fused-ring (bicyclic) bond motifs is 1. The Bertz CT molecular complexity index is 859. The summed E-state index contributed by atoms with van der Waals surface area (Å²) in [4.78, 5) is 21.7. The SMILES string of the molecule is CCc1nc2ccc(C(=O)NCc3ccccc3)cc2nc1CC. The zero-order valence-electron chi connectivity index (χ0n) is 14.0. The normalized spacial score (nSPS) is 10.8. The van der Waals surface area contributed by atoms with Gasteiger partial charge in [0.2, 0.25) is 0 Å². The smallest absolute Gasteiger partial charge is 0.251 e. The standard InChI is InChI=1S/C20H21N3O/c1-3-16-17(4-2)23-19-12-15(10-11-18(19)22-16)20(24)21-13-14-8-6-5-7-9-14/h5-12H,3-4,13H2,1-2H3,(H,21,24). The predicted molar refractivity (Wildman–Crippen MR) is 95.9 cm³/mol. The minimum Gasteiger partial charge on any atom is -0.348 e. The Morgan fingerprint density at radius 2 is 1.58 bits per heavy atom. The lowest BCUT2D eigenvalue weighted by Crippen LogP contribution is -2.22. The van der Waals surface area contributed by atoms with E-state index in [9.17, 15) is 4.79 Å². The minimum atomic E-state index is -0.0971. The highest BCUT2D eigenvalue weighted by atomic mass is 16.1. The average molecular weight is 319 g/mol. The molecule has 1 aromatic heterocycles. The van der Waals surface area contributed by atoms with Crippen LogP contribution in [0, 0.1) is 0 Å². The number of carbonyl (C=O) groups is 1. The number of hydrogen-bond acceptors (Lipinski definition) is 3. The number of nitrogens with zero attached hydrogens (tertiary/aromatic N) is 2. The van der Waals surface area contributed by atoms with E-state index in [1.165, 1.54) is 0 Å². The van der Waals surface area contributed by atoms with Gasteiger partial charge in [0.25, 0.3) is 5.91 Å². The van der Waals surface area contributed by atoms with Crippen LogP contribution in [0.25, 0.3) is 11.0 Å². The fourth-order valence-electron chi connectivity index (χ4n) is 2.72. The van der Waals surface area contributed by atoms with Crippen LogP contribution in [0.4, 0.5) is 0 Å². The lowest BCUT2D eigenvalue weighted by atomic mass is 10.1. The van der Waals surface area contributed by atoms with E-state index in [0.717, 1.165) is 40.8 Å². The summed E-state index contributed by atoms with van der Waals surface area (Å²) in [6, 6.07) is 15.4. The highest BCUT2D eigenvalue weighted by molar-refractivity contribution is 5.97. The molecule has 0 saturated heterocycles. The van der Waals surface area contributed by atoms with Gasteiger partial charge in [0, 0.05) is 12.1 Å². The van der Waals surface area contributed by atoms with Gasteiger partial charge >= 0.3 is 0 Å². The van der Waals surface area contributed by atoms with Crippen molar-refractivity contribution >= 4 is 16.9 Å². The molecule has 0 saturated carbocycles. The monoisotopic (exact) mass is 319 g/mol. The maximum Gasteiger partial charge on any atom is 0.251 e. The molecule has 3 aromatic rings. The van der Waals surface area contributed by atoms with Crippen LogP contribution in [0.2, 0.25) is 0 Å². The van der Waals surface area contributed by atoms with Gasteiger partial charge in [-0.1, -0.05) is 44.2 Å². The molecule has 2 aromatic carbocycles. The molecule has 122 valence electrons. The fourth-order valence-corrected chi connectivity index (χ4v) is 2.72. The number of hydrogen-bond donors (Lipinski definition) is 1. The molecule has 1 amide bonds. The second kappa shape index (κ2) is 7.21. The van der Waals surface area contributed by atoms with Crippen LogP contribution in [0.1, 0.15) is 41.2 Å². The predicted octanol–water partition coefficient (Wildman–Crippen LogP) is 3.68. The van der Waals surface area contributed by atoms with E-state index < -0.39 is 0 Å². The van der Waals surface area contributed by atoms with Crippen molar-refractivity contribution in [1.82, 2.24) is 15.3 Å². The van der Waals surface area contributed by atoms with Crippen molar-refractivity contribution in [3.05, 3.63) is 71.0 Å².